The van der Waals surface area contributed by atoms with Crippen molar-refractivity contribution < 1.29 is 28.6 Å². The minimum atomic E-state index is -0.858. The van der Waals surface area contributed by atoms with Gasteiger partial charge in [-0.05, 0) is 141 Å². The van der Waals surface area contributed by atoms with Gasteiger partial charge in [-0.2, -0.15) is 0 Å². The van der Waals surface area contributed by atoms with Crippen LogP contribution in [0.5, 0.6) is 0 Å². The Labute approximate surface area is 447 Å². The van der Waals surface area contributed by atoms with Gasteiger partial charge in [0.05, 0.1) is 0 Å². The molecule has 0 saturated carbocycles. The smallest absolute Gasteiger partial charge is 0.306 e. The highest BCUT2D eigenvalue weighted by Gasteiger charge is 2.19. The molecule has 406 valence electrons. The molecule has 0 rings (SSSR count). The van der Waals surface area contributed by atoms with Crippen molar-refractivity contribution in [3.63, 3.8) is 0 Å². The third-order valence-electron chi connectivity index (χ3n) is 11.2. The summed E-state index contributed by atoms with van der Waals surface area (Å²) in [5, 5.41) is 0. The van der Waals surface area contributed by atoms with Crippen LogP contribution in [0.1, 0.15) is 213 Å². The Bertz CT molecular complexity index is 1720. The third kappa shape index (κ3) is 57.5. The second-order valence-electron chi connectivity index (χ2n) is 18.1. The van der Waals surface area contributed by atoms with Crippen LogP contribution in [0.3, 0.4) is 0 Å². The normalized spacial score (nSPS) is 13.4. The summed E-state index contributed by atoms with van der Waals surface area (Å²) in [5.41, 5.74) is 0. The lowest BCUT2D eigenvalue weighted by Crippen LogP contribution is -2.30. The SMILES string of the molecule is CC/C=C\C/C=C\C/C=C\C/C=C\C/C=C\C/C=C\CCC(=O)OC[C@@H](COC(=O)CCC/C=C\C/C=C\C/C=C\C/C=C\CCCCC)OC(=O)CCCCC/C=C\C/C=C\C/C=C\C/C=C\CCCCC. The van der Waals surface area contributed by atoms with E-state index in [0.29, 0.717) is 19.3 Å². The van der Waals surface area contributed by atoms with Gasteiger partial charge in [0.15, 0.2) is 6.10 Å². The van der Waals surface area contributed by atoms with Gasteiger partial charge in [0.2, 0.25) is 0 Å². The van der Waals surface area contributed by atoms with Crippen LogP contribution >= 0.6 is 0 Å². The van der Waals surface area contributed by atoms with E-state index < -0.39 is 6.10 Å². The van der Waals surface area contributed by atoms with Gasteiger partial charge in [-0.15, -0.1) is 0 Å². The Morgan fingerprint density at radius 3 is 0.932 bits per heavy atom. The number of ether oxygens (including phenoxy) is 3. The van der Waals surface area contributed by atoms with Crippen LogP contribution in [0.25, 0.3) is 0 Å². The molecular formula is C67H102O6. The van der Waals surface area contributed by atoms with E-state index in [9.17, 15) is 14.4 Å². The van der Waals surface area contributed by atoms with Crippen molar-refractivity contribution >= 4 is 17.9 Å². The van der Waals surface area contributed by atoms with E-state index in [2.05, 4.69) is 179 Å². The quantitative estimate of drug-likeness (QED) is 0.0261. The fourth-order valence-electron chi connectivity index (χ4n) is 6.91. The van der Waals surface area contributed by atoms with Crippen LogP contribution in [0.2, 0.25) is 0 Å². The second kappa shape index (κ2) is 59.3. The Kier molecular flexibility index (Phi) is 55.1. The van der Waals surface area contributed by atoms with E-state index in [1.165, 1.54) is 51.4 Å². The molecule has 0 fully saturated rings. The molecule has 0 radical (unpaired) electrons. The maximum absolute atomic E-state index is 12.9. The van der Waals surface area contributed by atoms with E-state index >= 15 is 0 Å². The van der Waals surface area contributed by atoms with E-state index in [1.807, 2.05) is 12.2 Å². The molecule has 0 aliphatic rings. The van der Waals surface area contributed by atoms with E-state index in [1.54, 1.807) is 0 Å². The molecule has 0 unspecified atom stereocenters. The number of carbonyl (C=O) groups is 3. The molecule has 0 N–H and O–H groups in total. The van der Waals surface area contributed by atoms with E-state index in [4.69, 9.17) is 14.2 Å². The number of allylic oxidation sites excluding steroid dienone is 28. The molecule has 0 aromatic heterocycles. The second-order valence-corrected chi connectivity index (χ2v) is 18.1. The molecule has 0 aromatic carbocycles. The molecule has 0 heterocycles. The van der Waals surface area contributed by atoms with Crippen LogP contribution in [-0.4, -0.2) is 37.2 Å². The standard InChI is InChI=1S/C67H102O6/c1-4-7-10-13-16-19-22-25-28-31-33-36-39-42-45-48-51-54-57-60-66(69)72-63-64(62-71-65(68)59-56-53-50-47-44-41-38-35-30-27-24-21-18-15-12-9-6-3)73-67(70)61-58-55-52-49-46-43-40-37-34-32-29-26-23-20-17-14-11-8-5-2/h7,10,16-21,25-30,33-34,36-38,41-43,45-47,50-51,54,64H,4-6,8-9,11-15,22-24,31-32,35,39-40,44,48-49,52-53,55-63H2,1-3H3/b10-7-,19-16-,20-17-,21-18-,28-25-,29-26-,30-27-,36-33-,37-34-,41-38-,45-42-,46-43-,50-47-,54-51-/t64-/m1/s1. The summed E-state index contributed by atoms with van der Waals surface area (Å²) in [6.07, 6.45) is 87.8. The van der Waals surface area contributed by atoms with Gasteiger partial charge < -0.3 is 14.2 Å². The molecule has 0 aliphatic carbocycles. The summed E-state index contributed by atoms with van der Waals surface area (Å²) in [6.45, 7) is 6.31. The lowest BCUT2D eigenvalue weighted by Gasteiger charge is -2.18. The predicted molar refractivity (Wildman–Crippen MR) is 315 cm³/mol. The molecule has 73 heavy (non-hydrogen) atoms. The van der Waals surface area contributed by atoms with Gasteiger partial charge in [-0.3, -0.25) is 14.4 Å². The summed E-state index contributed by atoms with van der Waals surface area (Å²) < 4.78 is 16.7. The first-order chi connectivity index (χ1) is 36.0. The van der Waals surface area contributed by atoms with Crippen LogP contribution in [0.4, 0.5) is 0 Å². The largest absolute Gasteiger partial charge is 0.462 e. The summed E-state index contributed by atoms with van der Waals surface area (Å²) in [4.78, 5) is 38.1. The van der Waals surface area contributed by atoms with Gasteiger partial charge in [-0.1, -0.05) is 223 Å². The molecule has 6 heteroatoms. The molecule has 0 aliphatic heterocycles. The molecule has 0 aromatic rings. The van der Waals surface area contributed by atoms with Crippen molar-refractivity contribution in [1.29, 1.82) is 0 Å². The van der Waals surface area contributed by atoms with Crippen molar-refractivity contribution in [3.8, 4) is 0 Å². The molecular weight excluding hydrogens is 901 g/mol. The zero-order valence-electron chi connectivity index (χ0n) is 46.3. The number of unbranched alkanes of at least 4 members (excludes halogenated alkanes) is 10. The van der Waals surface area contributed by atoms with Crippen molar-refractivity contribution in [2.75, 3.05) is 13.2 Å². The summed E-state index contributed by atoms with van der Waals surface area (Å²) in [5.74, 6) is -1.13. The topological polar surface area (TPSA) is 78.9 Å². The first-order valence-corrected chi connectivity index (χ1v) is 28.6. The molecule has 6 nitrogen and oxygen atoms in total. The first kappa shape index (κ1) is 67.8. The molecule has 0 saturated heterocycles. The lowest BCUT2D eigenvalue weighted by atomic mass is 10.1. The van der Waals surface area contributed by atoms with Crippen LogP contribution in [-0.2, 0) is 28.6 Å². The summed E-state index contributed by atoms with van der Waals surface area (Å²) in [7, 11) is 0. The summed E-state index contributed by atoms with van der Waals surface area (Å²) >= 11 is 0. The average Bonchev–Trinajstić information content (AvgIpc) is 3.39. The van der Waals surface area contributed by atoms with Gasteiger partial charge >= 0.3 is 17.9 Å². The van der Waals surface area contributed by atoms with Gasteiger partial charge in [0.25, 0.3) is 0 Å². The Morgan fingerprint density at radius 1 is 0.288 bits per heavy atom. The number of esters is 3. The van der Waals surface area contributed by atoms with Gasteiger partial charge in [-0.25, -0.2) is 0 Å². The average molecular weight is 1000 g/mol. The minimum absolute atomic E-state index is 0.151. The monoisotopic (exact) mass is 1000 g/mol. The first-order valence-electron chi connectivity index (χ1n) is 28.6. The lowest BCUT2D eigenvalue weighted by molar-refractivity contribution is -0.166. The van der Waals surface area contributed by atoms with Crippen LogP contribution in [0.15, 0.2) is 170 Å². The third-order valence-corrected chi connectivity index (χ3v) is 11.2. The van der Waals surface area contributed by atoms with Crippen molar-refractivity contribution in [1.82, 2.24) is 0 Å². The van der Waals surface area contributed by atoms with Crippen molar-refractivity contribution in [2.24, 2.45) is 0 Å². The highest BCUT2D eigenvalue weighted by atomic mass is 16.6. The maximum atomic E-state index is 12.9. The Balaban J connectivity index is 4.69. The fourth-order valence-corrected chi connectivity index (χ4v) is 6.91. The van der Waals surface area contributed by atoms with E-state index in [0.717, 1.165) is 103 Å². The Morgan fingerprint density at radius 2 is 0.575 bits per heavy atom. The molecule has 0 bridgehead atoms. The van der Waals surface area contributed by atoms with E-state index in [-0.39, 0.29) is 50.4 Å². The highest BCUT2D eigenvalue weighted by Crippen LogP contribution is 2.10. The zero-order chi connectivity index (χ0) is 52.9. The fraction of sp³-hybridized carbons (Fsp3) is 0.537. The van der Waals surface area contributed by atoms with Gasteiger partial charge in [0.1, 0.15) is 13.2 Å². The number of hydrogen-bond acceptors (Lipinski definition) is 6. The number of hydrogen-bond donors (Lipinski definition) is 0. The molecule has 1 atom stereocenters. The summed E-state index contributed by atoms with van der Waals surface area (Å²) in [6, 6.07) is 0. The zero-order valence-corrected chi connectivity index (χ0v) is 46.3. The Hall–Kier alpha value is -5.23. The maximum Gasteiger partial charge on any atom is 0.306 e. The van der Waals surface area contributed by atoms with Crippen LogP contribution in [0, 0.1) is 0 Å². The molecule has 0 spiro atoms. The van der Waals surface area contributed by atoms with Gasteiger partial charge in [0, 0.05) is 19.3 Å². The molecule has 0 amide bonds. The predicted octanol–water partition coefficient (Wildman–Crippen LogP) is 19.5. The van der Waals surface area contributed by atoms with Crippen LogP contribution < -0.4 is 0 Å². The van der Waals surface area contributed by atoms with Crippen molar-refractivity contribution in [3.05, 3.63) is 170 Å². The highest BCUT2D eigenvalue weighted by molar-refractivity contribution is 5.71. The minimum Gasteiger partial charge on any atom is -0.462 e. The number of rotatable bonds is 49. The van der Waals surface area contributed by atoms with Crippen molar-refractivity contribution in [2.45, 2.75) is 219 Å². The number of carbonyl (C=O) groups excluding carboxylic acids is 3.